The molecule has 0 radical (unpaired) electrons. The van der Waals surface area contributed by atoms with E-state index in [0.717, 1.165) is 17.7 Å². The predicted octanol–water partition coefficient (Wildman–Crippen LogP) is 2.47. The van der Waals surface area contributed by atoms with Crippen LogP contribution in [-0.2, 0) is 21.4 Å². The normalized spacial score (nSPS) is 42.9. The number of piperidine rings is 1. The topological polar surface area (TPSA) is 76.0 Å². The summed E-state index contributed by atoms with van der Waals surface area (Å²) in [5.41, 5.74) is 0.845. The van der Waals surface area contributed by atoms with E-state index in [-0.39, 0.29) is 22.2 Å². The molecule has 1 spiro atoms. The number of nitrogens with zero attached hydrogens (tertiary/aromatic N) is 1. The van der Waals surface area contributed by atoms with E-state index in [1.54, 1.807) is 6.07 Å². The molecule has 1 aromatic carbocycles. The van der Waals surface area contributed by atoms with E-state index < -0.39 is 17.1 Å². The summed E-state index contributed by atoms with van der Waals surface area (Å²) in [5.74, 6) is 1.26. The lowest BCUT2D eigenvalue weighted by Crippen LogP contribution is -2.81. The van der Waals surface area contributed by atoms with Crippen LogP contribution in [0.3, 0.4) is 0 Å². The lowest BCUT2D eigenvalue weighted by atomic mass is 9.48. The van der Waals surface area contributed by atoms with Crippen molar-refractivity contribution in [2.75, 3.05) is 19.7 Å². The summed E-state index contributed by atoms with van der Waals surface area (Å²) >= 11 is 0. The van der Waals surface area contributed by atoms with Gasteiger partial charge < -0.3 is 14.6 Å². The van der Waals surface area contributed by atoms with Crippen LogP contribution in [0.25, 0.3) is 0 Å². The molecule has 5 atom stereocenters. The zero-order valence-corrected chi connectivity index (χ0v) is 16.3. The summed E-state index contributed by atoms with van der Waals surface area (Å²) in [4.78, 5) is 13.0. The van der Waals surface area contributed by atoms with Crippen LogP contribution >= 0.6 is 0 Å². The van der Waals surface area contributed by atoms with Crippen LogP contribution in [0.15, 0.2) is 12.1 Å². The van der Waals surface area contributed by atoms with Crippen LogP contribution in [0.5, 0.6) is 11.5 Å². The molecule has 2 aliphatic heterocycles. The first-order valence-corrected chi connectivity index (χ1v) is 10.7. The molecular formula is C22H28NO5+. The van der Waals surface area contributed by atoms with Gasteiger partial charge in [0.15, 0.2) is 29.4 Å². The molecule has 2 N–H and O–H groups in total. The molecule has 2 heterocycles. The highest BCUT2D eigenvalue weighted by molar-refractivity contribution is 5.90. The van der Waals surface area contributed by atoms with E-state index in [2.05, 4.69) is 0 Å². The smallest absolute Gasteiger partial charge is 0.174 e. The Morgan fingerprint density at radius 2 is 2.14 bits per heavy atom. The predicted molar refractivity (Wildman–Crippen MR) is 99.4 cm³/mol. The third kappa shape index (κ3) is 1.83. The molecular weight excluding hydrogens is 358 g/mol. The second-order valence-corrected chi connectivity index (χ2v) is 9.51. The first-order valence-electron chi connectivity index (χ1n) is 10.7. The van der Waals surface area contributed by atoms with Crippen molar-refractivity contribution in [3.05, 3.63) is 23.3 Å². The molecule has 0 aromatic heterocycles. The van der Waals surface area contributed by atoms with Crippen LogP contribution in [0, 0.1) is 5.92 Å². The van der Waals surface area contributed by atoms with Crippen LogP contribution in [0.4, 0.5) is 0 Å². The molecule has 6 heteroatoms. The zero-order chi connectivity index (χ0) is 19.3. The second-order valence-electron chi connectivity index (χ2n) is 9.51. The number of hydroxylamine groups is 3. The van der Waals surface area contributed by atoms with Crippen molar-refractivity contribution in [1.82, 2.24) is 0 Å². The number of phenolic OH excluding ortho intramolecular Hbond substituents is 1. The molecule has 2 bridgehead atoms. The molecule has 2 saturated carbocycles. The average Bonchev–Trinajstić information content (AvgIpc) is 3.39. The van der Waals surface area contributed by atoms with Crippen molar-refractivity contribution in [1.29, 1.82) is 0 Å². The molecule has 6 nitrogen and oxygen atoms in total. The molecule has 3 fully saturated rings. The number of quaternary nitrogens is 1. The number of ether oxygens (including phenoxy) is 2. The molecule has 6 rings (SSSR count). The number of carbonyl (C=O) groups excluding carboxylic acids is 1. The highest BCUT2D eigenvalue weighted by atomic mass is 16.6. The summed E-state index contributed by atoms with van der Waals surface area (Å²) in [6, 6.07) is 3.52. The number of hydrogen-bond donors (Lipinski definition) is 2. The van der Waals surface area contributed by atoms with Crippen LogP contribution in [0.2, 0.25) is 0 Å². The maximum atomic E-state index is 13.0. The van der Waals surface area contributed by atoms with Crippen molar-refractivity contribution in [3.8, 4) is 11.5 Å². The van der Waals surface area contributed by atoms with Crippen molar-refractivity contribution < 1.29 is 29.2 Å². The quantitative estimate of drug-likeness (QED) is 0.778. The summed E-state index contributed by atoms with van der Waals surface area (Å²) in [7, 11) is 0. The number of benzene rings is 1. The Labute approximate surface area is 164 Å². The van der Waals surface area contributed by atoms with Crippen LogP contribution < -0.4 is 4.74 Å². The molecule has 150 valence electrons. The van der Waals surface area contributed by atoms with Gasteiger partial charge in [0, 0.05) is 37.4 Å². The summed E-state index contributed by atoms with van der Waals surface area (Å²) in [5, 5.41) is 22.4. The fourth-order valence-corrected chi connectivity index (χ4v) is 7.09. The number of ketones is 1. The molecule has 3 aliphatic carbocycles. The molecule has 0 amide bonds. The minimum Gasteiger partial charge on any atom is -0.504 e. The Morgan fingerprint density at radius 1 is 1.32 bits per heavy atom. The van der Waals surface area contributed by atoms with Crippen LogP contribution in [0.1, 0.15) is 50.2 Å². The Hall–Kier alpha value is -1.63. The van der Waals surface area contributed by atoms with Gasteiger partial charge in [-0.1, -0.05) is 6.07 Å². The number of likely N-dealkylation sites (tertiary alicyclic amines) is 1. The van der Waals surface area contributed by atoms with Gasteiger partial charge in [0.2, 0.25) is 0 Å². The Balaban J connectivity index is 1.62. The molecule has 1 saturated heterocycles. The fraction of sp³-hybridized carbons (Fsp3) is 0.682. The number of carbonyl (C=O) groups is 1. The van der Waals surface area contributed by atoms with Gasteiger partial charge in [-0.05, 0) is 37.8 Å². The number of rotatable bonds is 4. The molecule has 5 aliphatic rings. The van der Waals surface area contributed by atoms with Gasteiger partial charge >= 0.3 is 0 Å². The molecule has 1 unspecified atom stereocenters. The molecule has 1 aromatic rings. The minimum atomic E-state index is -0.631. The van der Waals surface area contributed by atoms with Gasteiger partial charge in [-0.2, -0.15) is 4.65 Å². The first-order chi connectivity index (χ1) is 13.5. The monoisotopic (exact) mass is 386 g/mol. The van der Waals surface area contributed by atoms with Gasteiger partial charge in [0.1, 0.15) is 18.7 Å². The summed E-state index contributed by atoms with van der Waals surface area (Å²) in [6.07, 6.45) is 4.12. The summed E-state index contributed by atoms with van der Waals surface area (Å²) < 4.78 is 12.8. The van der Waals surface area contributed by atoms with Crippen molar-refractivity contribution in [2.24, 2.45) is 5.92 Å². The van der Waals surface area contributed by atoms with E-state index in [0.29, 0.717) is 50.5 Å². The van der Waals surface area contributed by atoms with Gasteiger partial charge in [-0.25, -0.2) is 5.21 Å². The van der Waals surface area contributed by atoms with Crippen molar-refractivity contribution >= 4 is 5.78 Å². The first kappa shape index (κ1) is 17.2. The third-order valence-corrected chi connectivity index (χ3v) is 8.24. The maximum Gasteiger partial charge on any atom is 0.174 e. The Bertz CT molecular complexity index is 882. The minimum absolute atomic E-state index is 0.0446. The molecule has 28 heavy (non-hydrogen) atoms. The van der Waals surface area contributed by atoms with Crippen molar-refractivity contribution in [2.45, 2.75) is 68.6 Å². The second kappa shape index (κ2) is 5.29. The van der Waals surface area contributed by atoms with Crippen molar-refractivity contribution in [3.63, 3.8) is 0 Å². The van der Waals surface area contributed by atoms with E-state index in [4.69, 9.17) is 9.47 Å². The zero-order valence-electron chi connectivity index (χ0n) is 16.3. The van der Waals surface area contributed by atoms with Gasteiger partial charge in [-0.15, -0.1) is 0 Å². The largest absolute Gasteiger partial charge is 0.504 e. The maximum absolute atomic E-state index is 13.0. The lowest BCUT2D eigenvalue weighted by Gasteiger charge is -2.64. The van der Waals surface area contributed by atoms with E-state index in [1.165, 1.54) is 12.8 Å². The van der Waals surface area contributed by atoms with E-state index in [1.807, 2.05) is 13.0 Å². The average molecular weight is 386 g/mol. The summed E-state index contributed by atoms with van der Waals surface area (Å²) in [6.45, 7) is 3.91. The highest BCUT2D eigenvalue weighted by Crippen LogP contribution is 2.67. The number of aromatic hydroxyl groups is 1. The highest BCUT2D eigenvalue weighted by Gasteiger charge is 2.78. The van der Waals surface area contributed by atoms with Gasteiger partial charge in [-0.3, -0.25) is 4.79 Å². The van der Waals surface area contributed by atoms with Gasteiger partial charge in [0.05, 0.1) is 5.41 Å². The fourth-order valence-electron chi connectivity index (χ4n) is 7.09. The van der Waals surface area contributed by atoms with Gasteiger partial charge in [0.25, 0.3) is 0 Å². The van der Waals surface area contributed by atoms with E-state index in [9.17, 15) is 15.1 Å². The SMILES string of the molecule is CCO[C@@]12CCC(=O)[C@@H]3Oc4c(O)ccc5c4[C@@]31CC[N+](O)(CC1CC1)[C@@H]2C5. The Morgan fingerprint density at radius 3 is 2.89 bits per heavy atom. The number of Topliss-reactive ketones (excluding diaryl/α,β-unsaturated/α-hetero) is 1. The third-order valence-electron chi connectivity index (χ3n) is 8.24. The number of phenols is 1. The van der Waals surface area contributed by atoms with E-state index >= 15 is 0 Å². The number of hydrogen-bond acceptors (Lipinski definition) is 5. The lowest BCUT2D eigenvalue weighted by molar-refractivity contribution is -1.13. The van der Waals surface area contributed by atoms with Crippen LogP contribution in [-0.4, -0.2) is 58.2 Å². The standard InChI is InChI=1S/C22H27NO5/c1-2-27-22-8-7-16(25)20-21(22)9-10-23(26,12-13-3-4-13)17(22)11-14-5-6-15(24)19(28-20)18(14)21/h5-6,13,17,20,26H,2-4,7-12H2,1H3/p+1/t17-,20+,21+,22-,23?/m1/s1. The Kier molecular flexibility index (Phi) is 3.26.